The van der Waals surface area contributed by atoms with Gasteiger partial charge in [-0.15, -0.1) is 10.2 Å². The van der Waals surface area contributed by atoms with Crippen molar-refractivity contribution >= 4 is 28.2 Å². The quantitative estimate of drug-likeness (QED) is 0.565. The van der Waals surface area contributed by atoms with E-state index in [4.69, 9.17) is 11.6 Å². The summed E-state index contributed by atoms with van der Waals surface area (Å²) in [6.45, 7) is 4.20. The third-order valence-electron chi connectivity index (χ3n) is 4.11. The van der Waals surface area contributed by atoms with Gasteiger partial charge in [-0.05, 0) is 49.7 Å². The first-order valence-electron chi connectivity index (χ1n) is 7.29. The van der Waals surface area contributed by atoms with Crippen LogP contribution in [-0.4, -0.2) is 24.8 Å². The molecule has 0 bridgehead atoms. The molecule has 4 rings (SSSR count). The minimum Gasteiger partial charge on any atom is -0.256 e. The number of aromatic nitrogens is 5. The number of fused-ring (bicyclic) bond motifs is 2. The second-order valence-electron chi connectivity index (χ2n) is 5.99. The van der Waals surface area contributed by atoms with Gasteiger partial charge in [-0.2, -0.15) is 9.61 Å². The lowest BCUT2D eigenvalue weighted by Crippen LogP contribution is -2.23. The number of nitrogens with zero attached hydrogens (tertiary/aromatic N) is 5. The number of rotatable bonds is 2. The molecular weight excluding hydrogens is 310 g/mol. The summed E-state index contributed by atoms with van der Waals surface area (Å²) in [5.41, 5.74) is 2.40. The van der Waals surface area contributed by atoms with Crippen LogP contribution in [-0.2, 0) is 5.41 Å². The van der Waals surface area contributed by atoms with Gasteiger partial charge in [0, 0.05) is 11.6 Å². The van der Waals surface area contributed by atoms with Crippen molar-refractivity contribution in [2.24, 2.45) is 0 Å². The highest BCUT2D eigenvalue weighted by Gasteiger charge is 2.29. The zero-order valence-electron chi connectivity index (χ0n) is 12.7. The second-order valence-corrected chi connectivity index (χ2v) is 6.37. The molecule has 0 fully saturated rings. The van der Waals surface area contributed by atoms with E-state index in [1.807, 2.05) is 18.2 Å². The van der Waals surface area contributed by atoms with Gasteiger partial charge < -0.3 is 0 Å². The summed E-state index contributed by atoms with van der Waals surface area (Å²) in [6.07, 6.45) is 1.80. The predicted molar refractivity (Wildman–Crippen MR) is 89.7 cm³/mol. The Morgan fingerprint density at radius 3 is 2.78 bits per heavy atom. The van der Waals surface area contributed by atoms with Gasteiger partial charge in [0.05, 0.1) is 10.9 Å². The topological polar surface area (TPSA) is 56.0 Å². The molecule has 0 saturated heterocycles. The van der Waals surface area contributed by atoms with Crippen LogP contribution in [0, 0.1) is 0 Å². The molecule has 114 valence electrons. The molecule has 0 aliphatic heterocycles. The largest absolute Gasteiger partial charge is 0.256 e. The molecule has 6 heteroatoms. The Morgan fingerprint density at radius 1 is 1.04 bits per heavy atom. The highest BCUT2D eigenvalue weighted by molar-refractivity contribution is 6.29. The fourth-order valence-electron chi connectivity index (χ4n) is 2.75. The molecule has 5 nitrogen and oxygen atoms in total. The summed E-state index contributed by atoms with van der Waals surface area (Å²) < 4.78 is 1.70. The van der Waals surface area contributed by atoms with Gasteiger partial charge in [0.1, 0.15) is 5.15 Å². The minimum atomic E-state index is -0.374. The molecule has 0 aliphatic rings. The summed E-state index contributed by atoms with van der Waals surface area (Å²) in [4.78, 5) is 4.37. The smallest absolute Gasteiger partial charge is 0.178 e. The fraction of sp³-hybridized carbons (Fsp3) is 0.176. The minimum absolute atomic E-state index is 0.374. The summed E-state index contributed by atoms with van der Waals surface area (Å²) >= 11 is 6.03. The molecule has 0 amide bonds. The Hall–Kier alpha value is -2.53. The molecule has 0 unspecified atom stereocenters. The molecule has 4 aromatic rings. The monoisotopic (exact) mass is 323 g/mol. The Balaban J connectivity index is 1.91. The molecule has 0 N–H and O–H groups in total. The van der Waals surface area contributed by atoms with E-state index in [1.54, 1.807) is 16.8 Å². The molecule has 1 aromatic carbocycles. The maximum atomic E-state index is 6.03. The molecule has 3 heterocycles. The Bertz CT molecular complexity index is 1020. The zero-order chi connectivity index (χ0) is 16.0. The van der Waals surface area contributed by atoms with Crippen molar-refractivity contribution in [1.82, 2.24) is 24.8 Å². The molecule has 0 saturated carbocycles. The number of hydrogen-bond acceptors (Lipinski definition) is 4. The average Bonchev–Trinajstić information content (AvgIpc) is 2.98. The van der Waals surface area contributed by atoms with Crippen LogP contribution in [0.25, 0.3) is 16.6 Å². The van der Waals surface area contributed by atoms with E-state index < -0.39 is 0 Å². The highest BCUT2D eigenvalue weighted by atomic mass is 35.5. The molecule has 3 aromatic heterocycles. The van der Waals surface area contributed by atoms with Crippen LogP contribution in [0.3, 0.4) is 0 Å². The number of hydrogen-bond donors (Lipinski definition) is 0. The van der Waals surface area contributed by atoms with Gasteiger partial charge in [0.15, 0.2) is 11.5 Å². The van der Waals surface area contributed by atoms with E-state index in [0.29, 0.717) is 10.8 Å². The standard InChI is InChI=1S/C17H14ClN5/c1-17(2,12-5-6-13-11(10-12)4-3-9-19-13)16-21-20-15-8-7-14(18)22-23(15)16/h3-10H,1-2H3. The third kappa shape index (κ3) is 2.24. The van der Waals surface area contributed by atoms with Crippen LogP contribution in [0.5, 0.6) is 0 Å². The number of pyridine rings is 1. The van der Waals surface area contributed by atoms with Gasteiger partial charge in [0.25, 0.3) is 0 Å². The first-order chi connectivity index (χ1) is 11.1. The number of benzene rings is 1. The molecule has 0 radical (unpaired) electrons. The zero-order valence-corrected chi connectivity index (χ0v) is 13.5. The van der Waals surface area contributed by atoms with E-state index in [1.165, 1.54) is 0 Å². The van der Waals surface area contributed by atoms with Crippen molar-refractivity contribution in [3.05, 3.63) is 65.2 Å². The third-order valence-corrected chi connectivity index (χ3v) is 4.32. The molecular formula is C17H14ClN5. The average molecular weight is 324 g/mol. The van der Waals surface area contributed by atoms with Crippen molar-refractivity contribution in [1.29, 1.82) is 0 Å². The SMILES string of the molecule is CC(C)(c1ccc2ncccc2c1)c1nnc2ccc(Cl)nn12. The van der Waals surface area contributed by atoms with Crippen LogP contribution >= 0.6 is 11.6 Å². The lowest BCUT2D eigenvalue weighted by atomic mass is 9.83. The second kappa shape index (κ2) is 4.99. The molecule has 0 atom stereocenters. The maximum absolute atomic E-state index is 6.03. The van der Waals surface area contributed by atoms with Crippen LogP contribution in [0.1, 0.15) is 25.2 Å². The van der Waals surface area contributed by atoms with Crippen LogP contribution in [0.15, 0.2) is 48.7 Å². The predicted octanol–water partition coefficient (Wildman–Crippen LogP) is 3.65. The van der Waals surface area contributed by atoms with E-state index in [-0.39, 0.29) is 5.41 Å². The molecule has 0 aliphatic carbocycles. The van der Waals surface area contributed by atoms with Crippen LogP contribution in [0.2, 0.25) is 5.15 Å². The number of halogens is 1. The summed E-state index contributed by atoms with van der Waals surface area (Å²) in [5, 5.41) is 14.4. The van der Waals surface area contributed by atoms with Crippen molar-refractivity contribution in [3.8, 4) is 0 Å². The lowest BCUT2D eigenvalue weighted by molar-refractivity contribution is 0.568. The highest BCUT2D eigenvalue weighted by Crippen LogP contribution is 2.31. The van der Waals surface area contributed by atoms with Crippen molar-refractivity contribution in [2.45, 2.75) is 19.3 Å². The lowest BCUT2D eigenvalue weighted by Gasteiger charge is -2.23. The summed E-state index contributed by atoms with van der Waals surface area (Å²) in [5.74, 6) is 0.748. The van der Waals surface area contributed by atoms with Gasteiger partial charge in [-0.1, -0.05) is 23.7 Å². The normalized spacial score (nSPS) is 12.1. The maximum Gasteiger partial charge on any atom is 0.178 e. The Kier molecular flexibility index (Phi) is 3.06. The van der Waals surface area contributed by atoms with Crippen LogP contribution in [0.4, 0.5) is 0 Å². The van der Waals surface area contributed by atoms with Crippen LogP contribution < -0.4 is 0 Å². The van der Waals surface area contributed by atoms with E-state index in [0.717, 1.165) is 22.3 Å². The van der Waals surface area contributed by atoms with Crippen molar-refractivity contribution in [2.75, 3.05) is 0 Å². The van der Waals surface area contributed by atoms with Gasteiger partial charge >= 0.3 is 0 Å². The van der Waals surface area contributed by atoms with Crippen molar-refractivity contribution in [3.63, 3.8) is 0 Å². The van der Waals surface area contributed by atoms with E-state index >= 15 is 0 Å². The summed E-state index contributed by atoms with van der Waals surface area (Å²) in [6, 6.07) is 13.7. The Labute approximate surface area is 138 Å². The van der Waals surface area contributed by atoms with Gasteiger partial charge in [-0.3, -0.25) is 4.98 Å². The van der Waals surface area contributed by atoms with Gasteiger partial charge in [-0.25, -0.2) is 0 Å². The van der Waals surface area contributed by atoms with Crippen molar-refractivity contribution < 1.29 is 0 Å². The Morgan fingerprint density at radius 2 is 1.91 bits per heavy atom. The van der Waals surface area contributed by atoms with E-state index in [9.17, 15) is 0 Å². The first-order valence-corrected chi connectivity index (χ1v) is 7.67. The molecule has 23 heavy (non-hydrogen) atoms. The summed E-state index contributed by atoms with van der Waals surface area (Å²) in [7, 11) is 0. The molecule has 0 spiro atoms. The van der Waals surface area contributed by atoms with E-state index in [2.05, 4.69) is 52.3 Å². The fourth-order valence-corrected chi connectivity index (χ4v) is 2.89. The van der Waals surface area contributed by atoms with Gasteiger partial charge in [0.2, 0.25) is 0 Å². The first kappa shape index (κ1) is 14.1.